The van der Waals surface area contributed by atoms with Crippen LogP contribution in [0.5, 0.6) is 5.75 Å². The molecule has 1 aromatic carbocycles. The average Bonchev–Trinajstić information content (AvgIpc) is 2.46. The van der Waals surface area contributed by atoms with Crippen LogP contribution in [-0.2, 0) is 14.8 Å². The number of rotatable bonds is 8. The first-order chi connectivity index (χ1) is 10.7. The summed E-state index contributed by atoms with van der Waals surface area (Å²) in [7, 11) is -2.23. The van der Waals surface area contributed by atoms with E-state index in [-0.39, 0.29) is 10.8 Å². The predicted octanol–water partition coefficient (Wildman–Crippen LogP) is 1.83. The molecule has 0 saturated carbocycles. The van der Waals surface area contributed by atoms with Crippen molar-refractivity contribution in [1.82, 2.24) is 10.0 Å². The molecule has 0 radical (unpaired) electrons. The fraction of sp³-hybridized carbons (Fsp3) is 0.562. The van der Waals surface area contributed by atoms with Gasteiger partial charge in [0.25, 0.3) is 0 Å². The van der Waals surface area contributed by atoms with E-state index < -0.39 is 16.1 Å². The smallest absolute Gasteiger partial charge is 0.241 e. The standard InChI is InChI=1S/C16H26N2O4S/c1-11(2)8-9-17-16(19)13(4)18-23(20,21)14-6-7-15(22-5)12(3)10-14/h6-7,10-11,13,18H,8-9H2,1-5H3,(H,17,19)/t13-/m0/s1. The monoisotopic (exact) mass is 342 g/mol. The highest BCUT2D eigenvalue weighted by Crippen LogP contribution is 2.21. The van der Waals surface area contributed by atoms with Gasteiger partial charge in [0.2, 0.25) is 15.9 Å². The van der Waals surface area contributed by atoms with Gasteiger partial charge in [0.15, 0.2) is 0 Å². The van der Waals surface area contributed by atoms with E-state index in [2.05, 4.69) is 23.9 Å². The van der Waals surface area contributed by atoms with Crippen molar-refractivity contribution < 1.29 is 17.9 Å². The van der Waals surface area contributed by atoms with E-state index >= 15 is 0 Å². The van der Waals surface area contributed by atoms with Crippen LogP contribution in [0.1, 0.15) is 32.8 Å². The van der Waals surface area contributed by atoms with E-state index in [9.17, 15) is 13.2 Å². The van der Waals surface area contributed by atoms with Crippen LogP contribution in [0, 0.1) is 12.8 Å². The number of amides is 1. The summed E-state index contributed by atoms with van der Waals surface area (Å²) < 4.78 is 32.2. The molecule has 0 aliphatic heterocycles. The first-order valence-electron chi connectivity index (χ1n) is 7.62. The zero-order chi connectivity index (χ0) is 17.6. The van der Waals surface area contributed by atoms with Crippen molar-refractivity contribution in [2.75, 3.05) is 13.7 Å². The van der Waals surface area contributed by atoms with E-state index in [0.29, 0.717) is 23.8 Å². The molecule has 0 aromatic heterocycles. The molecule has 2 N–H and O–H groups in total. The van der Waals surface area contributed by atoms with Crippen LogP contribution in [0.2, 0.25) is 0 Å². The number of nitrogens with one attached hydrogen (secondary N) is 2. The predicted molar refractivity (Wildman–Crippen MR) is 90.0 cm³/mol. The molecule has 0 unspecified atom stereocenters. The Morgan fingerprint density at radius 1 is 1.26 bits per heavy atom. The van der Waals surface area contributed by atoms with E-state index in [1.165, 1.54) is 26.2 Å². The van der Waals surface area contributed by atoms with Crippen molar-refractivity contribution in [3.05, 3.63) is 23.8 Å². The molecule has 0 aliphatic carbocycles. The third kappa shape index (κ3) is 5.84. The Balaban J connectivity index is 2.74. The van der Waals surface area contributed by atoms with Gasteiger partial charge in [-0.15, -0.1) is 0 Å². The van der Waals surface area contributed by atoms with Gasteiger partial charge < -0.3 is 10.1 Å². The highest BCUT2D eigenvalue weighted by atomic mass is 32.2. The molecule has 130 valence electrons. The van der Waals surface area contributed by atoms with Crippen LogP contribution < -0.4 is 14.8 Å². The number of methoxy groups -OCH3 is 1. The molecule has 7 heteroatoms. The van der Waals surface area contributed by atoms with E-state index in [4.69, 9.17) is 4.74 Å². The molecule has 1 rings (SSSR count). The van der Waals surface area contributed by atoms with Gasteiger partial charge in [-0.25, -0.2) is 8.42 Å². The van der Waals surface area contributed by atoms with Gasteiger partial charge in [-0.3, -0.25) is 4.79 Å². The second kappa shape index (κ2) is 8.31. The van der Waals surface area contributed by atoms with E-state index in [1.807, 2.05) is 0 Å². The lowest BCUT2D eigenvalue weighted by Crippen LogP contribution is -2.45. The van der Waals surface area contributed by atoms with Crippen molar-refractivity contribution in [1.29, 1.82) is 0 Å². The molecule has 0 heterocycles. The minimum atomic E-state index is -3.76. The molecule has 23 heavy (non-hydrogen) atoms. The van der Waals surface area contributed by atoms with E-state index in [1.54, 1.807) is 13.0 Å². The van der Waals surface area contributed by atoms with E-state index in [0.717, 1.165) is 6.42 Å². The first-order valence-corrected chi connectivity index (χ1v) is 9.10. The third-order valence-corrected chi connectivity index (χ3v) is 4.96. The number of carbonyl (C=O) groups excluding carboxylic acids is 1. The van der Waals surface area contributed by atoms with Crippen molar-refractivity contribution in [3.63, 3.8) is 0 Å². The molecule has 0 spiro atoms. The molecular formula is C16H26N2O4S. The van der Waals surface area contributed by atoms with Crippen LogP contribution in [0.25, 0.3) is 0 Å². The minimum absolute atomic E-state index is 0.109. The molecule has 6 nitrogen and oxygen atoms in total. The maximum atomic E-state index is 12.3. The summed E-state index contributed by atoms with van der Waals surface area (Å²) in [6, 6.07) is 3.73. The number of ether oxygens (including phenoxy) is 1. The van der Waals surface area contributed by atoms with Gasteiger partial charge in [0.1, 0.15) is 5.75 Å². The molecule has 0 bridgehead atoms. The third-order valence-electron chi connectivity index (χ3n) is 3.42. The van der Waals surface area contributed by atoms with Gasteiger partial charge in [-0.2, -0.15) is 4.72 Å². The van der Waals surface area contributed by atoms with Gasteiger partial charge in [-0.1, -0.05) is 13.8 Å². The SMILES string of the molecule is COc1ccc(S(=O)(=O)N[C@@H](C)C(=O)NCCC(C)C)cc1C. The summed E-state index contributed by atoms with van der Waals surface area (Å²) in [6.45, 7) is 7.94. The number of sulfonamides is 1. The maximum Gasteiger partial charge on any atom is 0.241 e. The molecule has 0 saturated heterocycles. The van der Waals surface area contributed by atoms with Crippen LogP contribution in [0.3, 0.4) is 0 Å². The van der Waals surface area contributed by atoms with Crippen molar-refractivity contribution in [2.24, 2.45) is 5.92 Å². The normalized spacial score (nSPS) is 13.0. The summed E-state index contributed by atoms with van der Waals surface area (Å²) in [5, 5.41) is 2.73. The zero-order valence-electron chi connectivity index (χ0n) is 14.3. The Hall–Kier alpha value is -1.60. The molecule has 0 fully saturated rings. The highest BCUT2D eigenvalue weighted by molar-refractivity contribution is 7.89. The van der Waals surface area contributed by atoms with Crippen molar-refractivity contribution in [2.45, 2.75) is 45.1 Å². The summed E-state index contributed by atoms with van der Waals surface area (Å²) in [5.74, 6) is 0.757. The van der Waals surface area contributed by atoms with Gasteiger partial charge in [-0.05, 0) is 49.9 Å². The lowest BCUT2D eigenvalue weighted by Gasteiger charge is -2.15. The quantitative estimate of drug-likeness (QED) is 0.755. The fourth-order valence-electron chi connectivity index (χ4n) is 2.01. The molecule has 1 atom stereocenters. The number of aryl methyl sites for hydroxylation is 1. The fourth-order valence-corrected chi connectivity index (χ4v) is 3.30. The minimum Gasteiger partial charge on any atom is -0.496 e. The van der Waals surface area contributed by atoms with Gasteiger partial charge in [0, 0.05) is 6.54 Å². The lowest BCUT2D eigenvalue weighted by molar-refractivity contribution is -0.122. The van der Waals surface area contributed by atoms with Gasteiger partial charge >= 0.3 is 0 Å². The van der Waals surface area contributed by atoms with Crippen molar-refractivity contribution >= 4 is 15.9 Å². The molecule has 1 aromatic rings. The van der Waals surface area contributed by atoms with Crippen molar-refractivity contribution in [3.8, 4) is 5.75 Å². The maximum absolute atomic E-state index is 12.3. The lowest BCUT2D eigenvalue weighted by atomic mass is 10.1. The zero-order valence-corrected chi connectivity index (χ0v) is 15.2. The number of hydrogen-bond donors (Lipinski definition) is 2. The molecule has 0 aliphatic rings. The summed E-state index contributed by atoms with van der Waals surface area (Å²) in [5.41, 5.74) is 0.712. The largest absolute Gasteiger partial charge is 0.496 e. The Morgan fingerprint density at radius 3 is 2.43 bits per heavy atom. The highest BCUT2D eigenvalue weighted by Gasteiger charge is 2.22. The van der Waals surface area contributed by atoms with Crippen LogP contribution in [0.4, 0.5) is 0 Å². The Morgan fingerprint density at radius 2 is 1.91 bits per heavy atom. The van der Waals surface area contributed by atoms with Crippen LogP contribution in [-0.4, -0.2) is 34.0 Å². The van der Waals surface area contributed by atoms with Crippen LogP contribution >= 0.6 is 0 Å². The summed E-state index contributed by atoms with van der Waals surface area (Å²) in [4.78, 5) is 12.1. The Bertz CT molecular complexity index is 641. The second-order valence-electron chi connectivity index (χ2n) is 5.95. The first kappa shape index (κ1) is 19.4. The number of hydrogen-bond acceptors (Lipinski definition) is 4. The average molecular weight is 342 g/mol. The molecule has 1 amide bonds. The Labute approximate surface area is 138 Å². The topological polar surface area (TPSA) is 84.5 Å². The number of benzene rings is 1. The molecular weight excluding hydrogens is 316 g/mol. The van der Waals surface area contributed by atoms with Crippen LogP contribution in [0.15, 0.2) is 23.1 Å². The summed E-state index contributed by atoms with van der Waals surface area (Å²) in [6.07, 6.45) is 0.850. The second-order valence-corrected chi connectivity index (χ2v) is 7.66. The van der Waals surface area contributed by atoms with Gasteiger partial charge in [0.05, 0.1) is 18.0 Å². The number of carbonyl (C=O) groups is 1. The summed E-state index contributed by atoms with van der Waals surface area (Å²) >= 11 is 0. The Kier molecular flexibility index (Phi) is 7.02.